The smallest absolute Gasteiger partial charge is 0.224 e. The van der Waals surface area contributed by atoms with E-state index in [1.165, 1.54) is 0 Å². The van der Waals surface area contributed by atoms with Crippen molar-refractivity contribution in [3.63, 3.8) is 0 Å². The number of hydrogen-bond acceptors (Lipinski definition) is 3. The first-order valence-corrected chi connectivity index (χ1v) is 6.31. The molecule has 5 heteroatoms. The molecule has 2 atom stereocenters. The average Bonchev–Trinajstić information content (AvgIpc) is 2.67. The van der Waals surface area contributed by atoms with Crippen LogP contribution in [-0.2, 0) is 9.53 Å². The van der Waals surface area contributed by atoms with Gasteiger partial charge in [-0.15, -0.1) is 11.6 Å². The van der Waals surface area contributed by atoms with Crippen molar-refractivity contribution in [2.24, 2.45) is 5.92 Å². The molecule has 0 spiro atoms. The number of carbonyl (C=O) groups is 1. The molecule has 0 aromatic rings. The van der Waals surface area contributed by atoms with Gasteiger partial charge in [-0.2, -0.15) is 11.8 Å². The zero-order valence-electron chi connectivity index (χ0n) is 8.29. The number of rotatable bonds is 5. The van der Waals surface area contributed by atoms with Gasteiger partial charge in [0.1, 0.15) is 0 Å². The van der Waals surface area contributed by atoms with E-state index >= 15 is 0 Å². The highest BCUT2D eigenvalue weighted by Gasteiger charge is 2.23. The monoisotopic (exact) mass is 237 g/mol. The molecule has 1 heterocycles. The van der Waals surface area contributed by atoms with Gasteiger partial charge in [-0.05, 0) is 12.2 Å². The van der Waals surface area contributed by atoms with Gasteiger partial charge in [0, 0.05) is 25.3 Å². The van der Waals surface area contributed by atoms with Crippen molar-refractivity contribution >= 4 is 29.3 Å². The third kappa shape index (κ3) is 4.07. The molecular weight excluding hydrogens is 222 g/mol. The number of alkyl halides is 1. The van der Waals surface area contributed by atoms with E-state index in [2.05, 4.69) is 5.32 Å². The summed E-state index contributed by atoms with van der Waals surface area (Å²) in [6.45, 7) is 0.969. The predicted octanol–water partition coefficient (Wildman–Crippen LogP) is 1.11. The van der Waals surface area contributed by atoms with Crippen LogP contribution in [0.4, 0.5) is 0 Å². The molecule has 2 unspecified atom stereocenters. The van der Waals surface area contributed by atoms with Crippen LogP contribution in [0.2, 0.25) is 0 Å². The molecule has 1 fully saturated rings. The summed E-state index contributed by atoms with van der Waals surface area (Å²) >= 11 is 7.72. The average molecular weight is 238 g/mol. The Kier molecular flexibility index (Phi) is 5.67. The molecule has 1 aliphatic heterocycles. The number of thioether (sulfide) groups is 1. The molecular formula is C9H16ClNO2S. The summed E-state index contributed by atoms with van der Waals surface area (Å²) in [7, 11) is 1.60. The molecule has 0 bridgehead atoms. The maximum atomic E-state index is 11.5. The minimum Gasteiger partial charge on any atom is -0.383 e. The Morgan fingerprint density at radius 2 is 2.57 bits per heavy atom. The third-order valence-electron chi connectivity index (χ3n) is 2.15. The fourth-order valence-corrected chi connectivity index (χ4v) is 2.76. The molecule has 1 aliphatic rings. The summed E-state index contributed by atoms with van der Waals surface area (Å²) in [5.74, 6) is 2.37. The van der Waals surface area contributed by atoms with Crippen molar-refractivity contribution in [3.8, 4) is 0 Å². The Morgan fingerprint density at radius 3 is 3.14 bits per heavy atom. The Labute approximate surface area is 93.9 Å². The second-order valence-corrected chi connectivity index (χ2v) is 5.13. The summed E-state index contributed by atoms with van der Waals surface area (Å²) in [5.41, 5.74) is 0. The SMILES string of the molecule is COCC(Cl)CNC(=O)C1CCSC1. The van der Waals surface area contributed by atoms with Crippen LogP contribution in [0.5, 0.6) is 0 Å². The molecule has 0 radical (unpaired) electrons. The molecule has 1 saturated heterocycles. The summed E-state index contributed by atoms with van der Waals surface area (Å²) in [6, 6.07) is 0. The first kappa shape index (κ1) is 12.1. The van der Waals surface area contributed by atoms with E-state index in [4.69, 9.17) is 16.3 Å². The van der Waals surface area contributed by atoms with Gasteiger partial charge in [0.15, 0.2) is 0 Å². The van der Waals surface area contributed by atoms with Crippen molar-refractivity contribution < 1.29 is 9.53 Å². The van der Waals surface area contributed by atoms with Gasteiger partial charge in [0.05, 0.1) is 12.0 Å². The zero-order chi connectivity index (χ0) is 10.4. The number of nitrogens with one attached hydrogen (secondary N) is 1. The first-order valence-electron chi connectivity index (χ1n) is 4.72. The first-order chi connectivity index (χ1) is 6.74. The van der Waals surface area contributed by atoms with Gasteiger partial charge in [-0.25, -0.2) is 0 Å². The van der Waals surface area contributed by atoms with Gasteiger partial charge >= 0.3 is 0 Å². The standard InChI is InChI=1S/C9H16ClNO2S/c1-13-5-8(10)4-11-9(12)7-2-3-14-6-7/h7-8H,2-6H2,1H3,(H,11,12). The Bertz CT molecular complexity index is 186. The Balaban J connectivity index is 2.13. The van der Waals surface area contributed by atoms with E-state index in [1.807, 2.05) is 11.8 Å². The lowest BCUT2D eigenvalue weighted by Gasteiger charge is -2.12. The van der Waals surface area contributed by atoms with Crippen LogP contribution >= 0.6 is 23.4 Å². The quantitative estimate of drug-likeness (QED) is 0.728. The molecule has 3 nitrogen and oxygen atoms in total. The topological polar surface area (TPSA) is 38.3 Å². The number of amides is 1. The lowest BCUT2D eigenvalue weighted by Crippen LogP contribution is -2.36. The Morgan fingerprint density at radius 1 is 1.79 bits per heavy atom. The van der Waals surface area contributed by atoms with E-state index in [-0.39, 0.29) is 17.2 Å². The minimum atomic E-state index is -0.127. The summed E-state index contributed by atoms with van der Waals surface area (Å²) < 4.78 is 4.87. The van der Waals surface area contributed by atoms with E-state index in [9.17, 15) is 4.79 Å². The maximum Gasteiger partial charge on any atom is 0.224 e. The largest absolute Gasteiger partial charge is 0.383 e. The molecule has 0 aromatic carbocycles. The van der Waals surface area contributed by atoms with E-state index in [0.717, 1.165) is 17.9 Å². The number of hydrogen-bond donors (Lipinski definition) is 1. The molecule has 1 rings (SSSR count). The van der Waals surface area contributed by atoms with Gasteiger partial charge in [-0.1, -0.05) is 0 Å². The summed E-state index contributed by atoms with van der Waals surface area (Å²) in [5, 5.41) is 2.72. The number of halogens is 1. The fraction of sp³-hybridized carbons (Fsp3) is 0.889. The fourth-order valence-electron chi connectivity index (χ4n) is 1.34. The molecule has 1 N–H and O–H groups in total. The predicted molar refractivity (Wildman–Crippen MR) is 60.0 cm³/mol. The highest BCUT2D eigenvalue weighted by atomic mass is 35.5. The van der Waals surface area contributed by atoms with Gasteiger partial charge in [-0.3, -0.25) is 4.79 Å². The van der Waals surface area contributed by atoms with Crippen LogP contribution in [0.25, 0.3) is 0 Å². The van der Waals surface area contributed by atoms with Gasteiger partial charge < -0.3 is 10.1 Å². The molecule has 0 aliphatic carbocycles. The van der Waals surface area contributed by atoms with Crippen LogP contribution in [-0.4, -0.2) is 43.1 Å². The van der Waals surface area contributed by atoms with Gasteiger partial charge in [0.25, 0.3) is 0 Å². The van der Waals surface area contributed by atoms with E-state index in [0.29, 0.717) is 13.2 Å². The molecule has 1 amide bonds. The van der Waals surface area contributed by atoms with Crippen LogP contribution in [0, 0.1) is 5.92 Å². The number of carbonyl (C=O) groups excluding carboxylic acids is 1. The van der Waals surface area contributed by atoms with Crippen molar-refractivity contribution in [1.82, 2.24) is 5.32 Å². The molecule has 14 heavy (non-hydrogen) atoms. The van der Waals surface area contributed by atoms with E-state index < -0.39 is 0 Å². The Hall–Kier alpha value is 0.0700. The maximum absolute atomic E-state index is 11.5. The minimum absolute atomic E-state index is 0.127. The summed E-state index contributed by atoms with van der Waals surface area (Å²) in [6.07, 6.45) is 0.994. The highest BCUT2D eigenvalue weighted by Crippen LogP contribution is 2.23. The second kappa shape index (κ2) is 6.53. The number of ether oxygens (including phenoxy) is 1. The van der Waals surface area contributed by atoms with Crippen molar-refractivity contribution in [2.75, 3.05) is 31.8 Å². The van der Waals surface area contributed by atoms with Crippen molar-refractivity contribution in [1.29, 1.82) is 0 Å². The normalized spacial score (nSPS) is 23.4. The lowest BCUT2D eigenvalue weighted by molar-refractivity contribution is -0.124. The van der Waals surface area contributed by atoms with Crippen molar-refractivity contribution in [2.45, 2.75) is 11.8 Å². The second-order valence-electron chi connectivity index (χ2n) is 3.36. The zero-order valence-corrected chi connectivity index (χ0v) is 9.87. The molecule has 0 aromatic heterocycles. The van der Waals surface area contributed by atoms with Crippen LogP contribution < -0.4 is 5.32 Å². The van der Waals surface area contributed by atoms with E-state index in [1.54, 1.807) is 7.11 Å². The lowest BCUT2D eigenvalue weighted by atomic mass is 10.1. The van der Waals surface area contributed by atoms with Crippen molar-refractivity contribution in [3.05, 3.63) is 0 Å². The van der Waals surface area contributed by atoms with Crippen LogP contribution in [0.3, 0.4) is 0 Å². The third-order valence-corrected chi connectivity index (χ3v) is 3.59. The van der Waals surface area contributed by atoms with Gasteiger partial charge in [0.2, 0.25) is 5.91 Å². The van der Waals surface area contributed by atoms with Crippen LogP contribution in [0.1, 0.15) is 6.42 Å². The molecule has 0 saturated carbocycles. The molecule has 82 valence electrons. The van der Waals surface area contributed by atoms with Crippen LogP contribution in [0.15, 0.2) is 0 Å². The highest BCUT2D eigenvalue weighted by molar-refractivity contribution is 7.99. The number of methoxy groups -OCH3 is 1. The summed E-state index contributed by atoms with van der Waals surface area (Å²) in [4.78, 5) is 11.5.